The first-order chi connectivity index (χ1) is 9.85. The van der Waals surface area contributed by atoms with Gasteiger partial charge < -0.3 is 5.11 Å². The molecule has 6 heteroatoms. The number of aromatic nitrogens is 3. The first-order valence-electron chi connectivity index (χ1n) is 7.19. The summed E-state index contributed by atoms with van der Waals surface area (Å²) < 4.78 is 1.96. The highest BCUT2D eigenvalue weighted by atomic mass is 16.3. The van der Waals surface area contributed by atoms with Crippen molar-refractivity contribution in [3.63, 3.8) is 0 Å². The number of rotatable bonds is 4. The summed E-state index contributed by atoms with van der Waals surface area (Å²) in [6, 6.07) is 1.91. The molecule has 3 heterocycles. The Balaban J connectivity index is 1.62. The quantitative estimate of drug-likeness (QED) is 0.865. The molecular formula is C14H21N5O. The van der Waals surface area contributed by atoms with Crippen molar-refractivity contribution < 1.29 is 5.11 Å². The minimum Gasteiger partial charge on any atom is -0.395 e. The molecule has 0 saturated carbocycles. The molecule has 0 spiro atoms. The number of imidazole rings is 1. The van der Waals surface area contributed by atoms with E-state index in [1.165, 1.54) is 0 Å². The number of aliphatic hydroxyl groups excluding tert-OH is 1. The predicted octanol–water partition coefficient (Wildman–Crippen LogP) is 0.229. The molecule has 0 atom stereocenters. The smallest absolute Gasteiger partial charge is 0.233 e. The third kappa shape index (κ3) is 3.15. The Labute approximate surface area is 118 Å². The molecule has 0 unspecified atom stereocenters. The van der Waals surface area contributed by atoms with Crippen molar-refractivity contribution >= 4 is 5.78 Å². The summed E-state index contributed by atoms with van der Waals surface area (Å²) in [5, 5.41) is 9.02. The molecule has 3 rings (SSSR count). The normalized spacial score (nSPS) is 18.4. The van der Waals surface area contributed by atoms with Gasteiger partial charge in [0.05, 0.1) is 12.3 Å². The van der Waals surface area contributed by atoms with E-state index >= 15 is 0 Å². The van der Waals surface area contributed by atoms with Crippen molar-refractivity contribution in [2.75, 3.05) is 39.3 Å². The number of hydrogen-bond donors (Lipinski definition) is 1. The second kappa shape index (κ2) is 6.30. The second-order valence-corrected chi connectivity index (χ2v) is 5.25. The van der Waals surface area contributed by atoms with Gasteiger partial charge in [-0.15, -0.1) is 0 Å². The third-order valence-electron chi connectivity index (χ3n) is 3.77. The van der Waals surface area contributed by atoms with E-state index in [1.54, 1.807) is 6.20 Å². The summed E-state index contributed by atoms with van der Waals surface area (Å²) >= 11 is 0. The van der Waals surface area contributed by atoms with Crippen LogP contribution >= 0.6 is 0 Å². The Morgan fingerprint density at radius 2 is 2.00 bits per heavy atom. The standard InChI is InChI=1S/C14H21N5O/c20-10-9-17-4-2-5-18(8-7-17)11-13-12-19-6-1-3-15-14(19)16-13/h1,3,6,12,20H,2,4-5,7-11H2. The van der Waals surface area contributed by atoms with Crippen molar-refractivity contribution in [3.8, 4) is 0 Å². The van der Waals surface area contributed by atoms with Crippen molar-refractivity contribution in [1.82, 2.24) is 24.2 Å². The highest BCUT2D eigenvalue weighted by molar-refractivity contribution is 5.29. The Kier molecular flexibility index (Phi) is 4.25. The Hall–Kier alpha value is -1.50. The van der Waals surface area contributed by atoms with Crippen LogP contribution in [0.2, 0.25) is 0 Å². The van der Waals surface area contributed by atoms with E-state index in [1.807, 2.05) is 16.7 Å². The lowest BCUT2D eigenvalue weighted by Gasteiger charge is -2.20. The molecule has 108 valence electrons. The van der Waals surface area contributed by atoms with Crippen molar-refractivity contribution in [3.05, 3.63) is 30.4 Å². The van der Waals surface area contributed by atoms with Gasteiger partial charge in [0.25, 0.3) is 0 Å². The van der Waals surface area contributed by atoms with E-state index in [0.717, 1.165) is 57.2 Å². The summed E-state index contributed by atoms with van der Waals surface area (Å²) in [7, 11) is 0. The predicted molar refractivity (Wildman–Crippen MR) is 76.4 cm³/mol. The molecule has 20 heavy (non-hydrogen) atoms. The maximum atomic E-state index is 9.02. The molecule has 6 nitrogen and oxygen atoms in total. The highest BCUT2D eigenvalue weighted by Gasteiger charge is 2.15. The van der Waals surface area contributed by atoms with E-state index in [-0.39, 0.29) is 6.61 Å². The first kappa shape index (κ1) is 13.5. The van der Waals surface area contributed by atoms with Gasteiger partial charge in [-0.1, -0.05) is 0 Å². The van der Waals surface area contributed by atoms with Gasteiger partial charge in [0.2, 0.25) is 5.78 Å². The molecule has 1 aliphatic heterocycles. The number of aliphatic hydroxyl groups is 1. The van der Waals surface area contributed by atoms with Gasteiger partial charge in [-0.3, -0.25) is 14.2 Å². The van der Waals surface area contributed by atoms with Gasteiger partial charge in [0, 0.05) is 44.8 Å². The molecule has 0 aliphatic carbocycles. The fourth-order valence-electron chi connectivity index (χ4n) is 2.73. The molecule has 2 aromatic rings. The fourth-order valence-corrected chi connectivity index (χ4v) is 2.73. The lowest BCUT2D eigenvalue weighted by molar-refractivity contribution is 0.195. The fraction of sp³-hybridized carbons (Fsp3) is 0.571. The lowest BCUT2D eigenvalue weighted by atomic mass is 10.3. The van der Waals surface area contributed by atoms with Crippen LogP contribution in [0.3, 0.4) is 0 Å². The molecule has 2 aromatic heterocycles. The molecule has 1 fully saturated rings. The Bertz CT molecular complexity index is 522. The number of hydrogen-bond acceptors (Lipinski definition) is 5. The zero-order valence-electron chi connectivity index (χ0n) is 11.6. The molecule has 1 N–H and O–H groups in total. The van der Waals surface area contributed by atoms with Crippen molar-refractivity contribution in [2.24, 2.45) is 0 Å². The molecule has 1 saturated heterocycles. The van der Waals surface area contributed by atoms with E-state index in [9.17, 15) is 0 Å². The van der Waals surface area contributed by atoms with E-state index in [4.69, 9.17) is 5.11 Å². The van der Waals surface area contributed by atoms with Crippen LogP contribution in [0.25, 0.3) is 5.78 Å². The van der Waals surface area contributed by atoms with Gasteiger partial charge in [-0.2, -0.15) is 0 Å². The Morgan fingerprint density at radius 1 is 1.15 bits per heavy atom. The van der Waals surface area contributed by atoms with E-state index < -0.39 is 0 Å². The maximum absolute atomic E-state index is 9.02. The van der Waals surface area contributed by atoms with Crippen LogP contribution in [-0.2, 0) is 6.54 Å². The van der Waals surface area contributed by atoms with Gasteiger partial charge in [-0.25, -0.2) is 9.97 Å². The third-order valence-corrected chi connectivity index (χ3v) is 3.77. The van der Waals surface area contributed by atoms with Crippen LogP contribution in [0.1, 0.15) is 12.1 Å². The Morgan fingerprint density at radius 3 is 2.85 bits per heavy atom. The SMILES string of the molecule is OCCN1CCCN(Cc2cn3cccnc3n2)CC1. The number of fused-ring (bicyclic) bond motifs is 1. The molecule has 0 radical (unpaired) electrons. The van der Waals surface area contributed by atoms with Crippen LogP contribution < -0.4 is 0 Å². The van der Waals surface area contributed by atoms with Crippen LogP contribution in [-0.4, -0.2) is 68.6 Å². The summed E-state index contributed by atoms with van der Waals surface area (Å²) in [4.78, 5) is 13.6. The molecule has 0 aromatic carbocycles. The van der Waals surface area contributed by atoms with Gasteiger partial charge >= 0.3 is 0 Å². The van der Waals surface area contributed by atoms with E-state index in [2.05, 4.69) is 26.0 Å². The van der Waals surface area contributed by atoms with Gasteiger partial charge in [0.15, 0.2) is 0 Å². The molecule has 1 aliphatic rings. The minimum atomic E-state index is 0.248. The summed E-state index contributed by atoms with van der Waals surface area (Å²) in [6.07, 6.45) is 6.94. The minimum absolute atomic E-state index is 0.248. The zero-order chi connectivity index (χ0) is 13.8. The van der Waals surface area contributed by atoms with Gasteiger partial charge in [-0.05, 0) is 25.6 Å². The lowest BCUT2D eigenvalue weighted by Crippen LogP contribution is -2.32. The first-order valence-corrected chi connectivity index (χ1v) is 7.19. The zero-order valence-corrected chi connectivity index (χ0v) is 11.6. The second-order valence-electron chi connectivity index (χ2n) is 5.25. The largest absolute Gasteiger partial charge is 0.395 e. The summed E-state index contributed by atoms with van der Waals surface area (Å²) in [5.74, 6) is 0.763. The highest BCUT2D eigenvalue weighted by Crippen LogP contribution is 2.09. The van der Waals surface area contributed by atoms with Gasteiger partial charge in [0.1, 0.15) is 0 Å². The average Bonchev–Trinajstić information content (AvgIpc) is 2.73. The monoisotopic (exact) mass is 275 g/mol. The van der Waals surface area contributed by atoms with Crippen molar-refractivity contribution in [1.29, 1.82) is 0 Å². The van der Waals surface area contributed by atoms with Crippen LogP contribution in [0.5, 0.6) is 0 Å². The molecule has 0 bridgehead atoms. The van der Waals surface area contributed by atoms with Crippen LogP contribution in [0, 0.1) is 0 Å². The topological polar surface area (TPSA) is 56.9 Å². The van der Waals surface area contributed by atoms with Crippen LogP contribution in [0.4, 0.5) is 0 Å². The number of β-amino-alcohol motifs (C(OH)–C–C–N with tert-alkyl or cyclic N) is 1. The molecular weight excluding hydrogens is 254 g/mol. The van der Waals surface area contributed by atoms with Crippen molar-refractivity contribution in [2.45, 2.75) is 13.0 Å². The van der Waals surface area contributed by atoms with Crippen LogP contribution in [0.15, 0.2) is 24.7 Å². The summed E-state index contributed by atoms with van der Waals surface area (Å²) in [6.45, 7) is 6.11. The van der Waals surface area contributed by atoms with E-state index in [0.29, 0.717) is 0 Å². The maximum Gasteiger partial charge on any atom is 0.233 e. The number of nitrogens with zero attached hydrogens (tertiary/aromatic N) is 5. The molecule has 0 amide bonds. The summed E-state index contributed by atoms with van der Waals surface area (Å²) in [5.41, 5.74) is 1.07. The average molecular weight is 275 g/mol.